The van der Waals surface area contributed by atoms with E-state index >= 15 is 0 Å². The molecule has 0 aliphatic rings. The first-order valence-electron chi connectivity index (χ1n) is 9.05. The maximum atomic E-state index is 12.8. The van der Waals surface area contributed by atoms with Gasteiger partial charge in [0.1, 0.15) is 11.2 Å². The van der Waals surface area contributed by atoms with Crippen molar-refractivity contribution in [2.24, 2.45) is 0 Å². The minimum absolute atomic E-state index is 0.0507. The van der Waals surface area contributed by atoms with Gasteiger partial charge in [0.05, 0.1) is 7.11 Å². The average molecular weight is 427 g/mol. The monoisotopic (exact) mass is 426 g/mol. The van der Waals surface area contributed by atoms with E-state index < -0.39 is 35.4 Å². The summed E-state index contributed by atoms with van der Waals surface area (Å²) in [7, 11) is 1.19. The lowest BCUT2D eigenvalue weighted by Gasteiger charge is -2.32. The SMILES string of the molecule is COC(=O)[C@H](CSc1ccc(N)cc1)N(C(=O)OC(C)(C)C)C(=O)OC(C)(C)C. The zero-order chi connectivity index (χ0) is 22.4. The number of hydrogen-bond acceptors (Lipinski definition) is 8. The highest BCUT2D eigenvalue weighted by Gasteiger charge is 2.41. The number of ether oxygens (including phenoxy) is 3. The van der Waals surface area contributed by atoms with Gasteiger partial charge in [0.25, 0.3) is 0 Å². The summed E-state index contributed by atoms with van der Waals surface area (Å²) < 4.78 is 15.5. The van der Waals surface area contributed by atoms with E-state index in [-0.39, 0.29) is 5.75 Å². The Bertz CT molecular complexity index is 694. The maximum Gasteiger partial charge on any atom is 0.420 e. The molecular formula is C20H30N2O6S. The third-order valence-corrected chi connectivity index (χ3v) is 4.34. The Hall–Kier alpha value is -2.42. The molecular weight excluding hydrogens is 396 g/mol. The van der Waals surface area contributed by atoms with E-state index in [1.807, 2.05) is 0 Å². The number of nitrogens with zero attached hydrogens (tertiary/aromatic N) is 1. The predicted molar refractivity (Wildman–Crippen MR) is 112 cm³/mol. The van der Waals surface area contributed by atoms with Gasteiger partial charge in [0.15, 0.2) is 6.04 Å². The summed E-state index contributed by atoms with van der Waals surface area (Å²) in [5.74, 6) is -0.709. The molecule has 0 heterocycles. The quantitative estimate of drug-likeness (QED) is 0.325. The second-order valence-corrected chi connectivity index (χ2v) is 9.34. The first kappa shape index (κ1) is 24.6. The number of nitrogens with two attached hydrogens (primary N) is 1. The molecule has 0 aliphatic carbocycles. The van der Waals surface area contributed by atoms with Crippen molar-refractivity contribution in [3.05, 3.63) is 24.3 Å². The van der Waals surface area contributed by atoms with Gasteiger partial charge in [0, 0.05) is 16.3 Å². The lowest BCUT2D eigenvalue weighted by Crippen LogP contribution is -2.53. The number of anilines is 1. The minimum atomic E-state index is -1.24. The third kappa shape index (κ3) is 8.64. The number of hydrogen-bond donors (Lipinski definition) is 1. The Morgan fingerprint density at radius 3 is 1.79 bits per heavy atom. The predicted octanol–water partition coefficient (Wildman–Crippen LogP) is 4.07. The molecule has 2 N–H and O–H groups in total. The van der Waals surface area contributed by atoms with Crippen molar-refractivity contribution in [3.8, 4) is 0 Å². The number of benzene rings is 1. The molecule has 2 amide bonds. The van der Waals surface area contributed by atoms with Gasteiger partial charge in [-0.15, -0.1) is 11.8 Å². The number of methoxy groups -OCH3 is 1. The largest absolute Gasteiger partial charge is 0.467 e. The van der Waals surface area contributed by atoms with Crippen LogP contribution in [-0.2, 0) is 19.0 Å². The molecule has 0 aromatic heterocycles. The van der Waals surface area contributed by atoms with Gasteiger partial charge in [-0.1, -0.05) is 0 Å². The number of thioether (sulfide) groups is 1. The molecule has 29 heavy (non-hydrogen) atoms. The molecule has 1 aromatic carbocycles. The average Bonchev–Trinajstić information content (AvgIpc) is 2.55. The van der Waals surface area contributed by atoms with Gasteiger partial charge in [0.2, 0.25) is 0 Å². The molecule has 1 atom stereocenters. The maximum absolute atomic E-state index is 12.8. The van der Waals surface area contributed by atoms with Gasteiger partial charge in [-0.2, -0.15) is 4.90 Å². The highest BCUT2D eigenvalue weighted by molar-refractivity contribution is 7.99. The Balaban J connectivity index is 3.19. The Kier molecular flexibility index (Phi) is 8.37. The summed E-state index contributed by atoms with van der Waals surface area (Å²) >= 11 is 1.27. The van der Waals surface area contributed by atoms with Crippen molar-refractivity contribution < 1.29 is 28.6 Å². The summed E-state index contributed by atoms with van der Waals surface area (Å²) in [5.41, 5.74) is 4.54. The molecule has 9 heteroatoms. The van der Waals surface area contributed by atoms with Crippen LogP contribution in [-0.4, -0.2) is 53.2 Å². The van der Waals surface area contributed by atoms with Crippen molar-refractivity contribution in [2.75, 3.05) is 18.6 Å². The zero-order valence-electron chi connectivity index (χ0n) is 18.0. The van der Waals surface area contributed by atoms with E-state index in [9.17, 15) is 14.4 Å². The Labute approximate surface area is 176 Å². The lowest BCUT2D eigenvalue weighted by atomic mass is 10.2. The van der Waals surface area contributed by atoms with Crippen molar-refractivity contribution in [1.82, 2.24) is 4.90 Å². The van der Waals surface area contributed by atoms with Crippen LogP contribution in [0.5, 0.6) is 0 Å². The van der Waals surface area contributed by atoms with Crippen LogP contribution in [0.25, 0.3) is 0 Å². The molecule has 0 radical (unpaired) electrons. The second-order valence-electron chi connectivity index (χ2n) is 8.25. The van der Waals surface area contributed by atoms with Crippen LogP contribution in [0.3, 0.4) is 0 Å². The fourth-order valence-corrected chi connectivity index (χ4v) is 3.04. The molecule has 0 saturated heterocycles. The van der Waals surface area contributed by atoms with E-state index in [4.69, 9.17) is 19.9 Å². The van der Waals surface area contributed by atoms with Crippen molar-refractivity contribution in [3.63, 3.8) is 0 Å². The van der Waals surface area contributed by atoms with Crippen LogP contribution in [0.1, 0.15) is 41.5 Å². The van der Waals surface area contributed by atoms with Gasteiger partial charge < -0.3 is 19.9 Å². The number of imide groups is 1. The fourth-order valence-electron chi connectivity index (χ4n) is 2.07. The normalized spacial score (nSPS) is 12.7. The molecule has 0 unspecified atom stereocenters. The third-order valence-electron chi connectivity index (χ3n) is 3.25. The highest BCUT2D eigenvalue weighted by Crippen LogP contribution is 2.24. The van der Waals surface area contributed by atoms with Crippen molar-refractivity contribution in [2.45, 2.75) is 63.7 Å². The van der Waals surface area contributed by atoms with Crippen LogP contribution in [0.2, 0.25) is 0 Å². The second kappa shape index (κ2) is 9.87. The number of carbonyl (C=O) groups excluding carboxylic acids is 3. The summed E-state index contributed by atoms with van der Waals surface area (Å²) in [5, 5.41) is 0. The van der Waals surface area contributed by atoms with E-state index in [0.717, 1.165) is 4.90 Å². The molecule has 162 valence electrons. The van der Waals surface area contributed by atoms with Crippen molar-refractivity contribution >= 4 is 35.6 Å². The number of esters is 1. The standard InChI is InChI=1S/C20H30N2O6S/c1-19(2,3)27-17(24)22(18(25)28-20(4,5)6)15(16(23)26-7)12-29-14-10-8-13(21)9-11-14/h8-11,15H,12,21H2,1-7H3/t15-/m0/s1. The minimum Gasteiger partial charge on any atom is -0.467 e. The smallest absolute Gasteiger partial charge is 0.420 e. The van der Waals surface area contributed by atoms with Crippen LogP contribution in [0, 0.1) is 0 Å². The number of nitrogen functional groups attached to an aromatic ring is 1. The molecule has 0 fully saturated rings. The molecule has 8 nitrogen and oxygen atoms in total. The van der Waals surface area contributed by atoms with Gasteiger partial charge in [-0.05, 0) is 65.8 Å². The molecule has 0 spiro atoms. The zero-order valence-corrected chi connectivity index (χ0v) is 18.8. The molecule has 0 saturated carbocycles. The molecule has 0 aliphatic heterocycles. The summed E-state index contributed by atoms with van der Waals surface area (Å²) in [6, 6.07) is 5.75. The summed E-state index contributed by atoms with van der Waals surface area (Å²) in [4.78, 5) is 39.5. The topological polar surface area (TPSA) is 108 Å². The number of carbonyl (C=O) groups is 3. The lowest BCUT2D eigenvalue weighted by molar-refractivity contribution is -0.145. The van der Waals surface area contributed by atoms with E-state index in [1.165, 1.54) is 18.9 Å². The Morgan fingerprint density at radius 2 is 1.41 bits per heavy atom. The molecule has 1 aromatic rings. The van der Waals surface area contributed by atoms with E-state index in [1.54, 1.807) is 65.8 Å². The molecule has 1 rings (SSSR count). The molecule has 0 bridgehead atoms. The van der Waals surface area contributed by atoms with Crippen LogP contribution < -0.4 is 5.73 Å². The van der Waals surface area contributed by atoms with E-state index in [2.05, 4.69) is 0 Å². The van der Waals surface area contributed by atoms with E-state index in [0.29, 0.717) is 10.6 Å². The number of rotatable bonds is 5. The van der Waals surface area contributed by atoms with Gasteiger partial charge >= 0.3 is 18.2 Å². The van der Waals surface area contributed by atoms with Gasteiger partial charge in [-0.3, -0.25) is 0 Å². The van der Waals surface area contributed by atoms with Gasteiger partial charge in [-0.25, -0.2) is 14.4 Å². The first-order chi connectivity index (χ1) is 13.2. The highest BCUT2D eigenvalue weighted by atomic mass is 32.2. The number of amides is 2. The van der Waals surface area contributed by atoms with Crippen LogP contribution in [0.15, 0.2) is 29.2 Å². The summed E-state index contributed by atoms with van der Waals surface area (Å²) in [6.07, 6.45) is -1.97. The van der Waals surface area contributed by atoms with Crippen LogP contribution >= 0.6 is 11.8 Å². The summed E-state index contributed by atoms with van der Waals surface area (Å²) in [6.45, 7) is 9.97. The first-order valence-corrected chi connectivity index (χ1v) is 10.0. The van der Waals surface area contributed by atoms with Crippen LogP contribution in [0.4, 0.5) is 15.3 Å². The fraction of sp³-hybridized carbons (Fsp3) is 0.550. The van der Waals surface area contributed by atoms with Crippen molar-refractivity contribution in [1.29, 1.82) is 0 Å². The Morgan fingerprint density at radius 1 is 0.966 bits per heavy atom.